The molecule has 0 spiro atoms. The van der Waals surface area contributed by atoms with E-state index >= 15 is 0 Å². The van der Waals surface area contributed by atoms with E-state index in [-0.39, 0.29) is 12.5 Å². The fourth-order valence-corrected chi connectivity index (χ4v) is 4.57. The van der Waals surface area contributed by atoms with E-state index in [0.717, 1.165) is 50.3 Å². The molecule has 0 atom stereocenters. The van der Waals surface area contributed by atoms with Crippen LogP contribution in [0.2, 0.25) is 5.02 Å². The lowest BCUT2D eigenvalue weighted by Crippen LogP contribution is -2.50. The molecule has 2 heterocycles. The molecule has 1 saturated heterocycles. The van der Waals surface area contributed by atoms with Gasteiger partial charge in [0.1, 0.15) is 5.75 Å². The van der Waals surface area contributed by atoms with Gasteiger partial charge in [-0.3, -0.25) is 4.79 Å². The van der Waals surface area contributed by atoms with Crippen LogP contribution in [0.15, 0.2) is 36.4 Å². The molecule has 2 aromatic carbocycles. The molecule has 1 amide bonds. The van der Waals surface area contributed by atoms with Gasteiger partial charge in [-0.15, -0.1) is 0 Å². The van der Waals surface area contributed by atoms with Crippen LogP contribution in [0.3, 0.4) is 0 Å². The number of halogens is 1. The van der Waals surface area contributed by atoms with Crippen LogP contribution in [0, 0.1) is 13.8 Å². The highest BCUT2D eigenvalue weighted by Crippen LogP contribution is 2.31. The zero-order valence-corrected chi connectivity index (χ0v) is 17.5. The van der Waals surface area contributed by atoms with Crippen LogP contribution in [-0.4, -0.2) is 48.6 Å². The number of benzene rings is 2. The number of anilines is 1. The standard InChI is InChI=1S/C21H22ClN3O2S/c1-14-4-3-5-18(15(14)2)27-13-20(26)24-8-10-25(11-9-24)21-23-17-7-6-16(22)12-19(17)28-21/h3-7,12H,8-11,13H2,1-2H3. The van der Waals surface area contributed by atoms with Gasteiger partial charge in [0.2, 0.25) is 0 Å². The highest BCUT2D eigenvalue weighted by Gasteiger charge is 2.23. The van der Waals surface area contributed by atoms with E-state index < -0.39 is 0 Å². The second-order valence-corrected chi connectivity index (χ2v) is 8.41. The smallest absolute Gasteiger partial charge is 0.260 e. The number of amides is 1. The summed E-state index contributed by atoms with van der Waals surface area (Å²) < 4.78 is 6.85. The van der Waals surface area contributed by atoms with Crippen molar-refractivity contribution in [1.82, 2.24) is 9.88 Å². The largest absolute Gasteiger partial charge is 0.483 e. The first-order valence-electron chi connectivity index (χ1n) is 9.29. The molecule has 0 unspecified atom stereocenters. The van der Waals surface area contributed by atoms with Crippen LogP contribution >= 0.6 is 22.9 Å². The van der Waals surface area contributed by atoms with E-state index in [9.17, 15) is 4.79 Å². The Morgan fingerprint density at radius 1 is 1.18 bits per heavy atom. The zero-order chi connectivity index (χ0) is 19.7. The molecule has 0 radical (unpaired) electrons. The van der Waals surface area contributed by atoms with E-state index in [2.05, 4.69) is 4.90 Å². The van der Waals surface area contributed by atoms with Crippen molar-refractivity contribution in [1.29, 1.82) is 0 Å². The summed E-state index contributed by atoms with van der Waals surface area (Å²) in [6.45, 7) is 7.01. The number of nitrogens with zero attached hydrogens (tertiary/aromatic N) is 3. The normalized spacial score (nSPS) is 14.5. The Hall–Kier alpha value is -2.31. The highest BCUT2D eigenvalue weighted by atomic mass is 35.5. The van der Waals surface area contributed by atoms with E-state index in [1.807, 2.05) is 55.1 Å². The van der Waals surface area contributed by atoms with Crippen molar-refractivity contribution in [3.05, 3.63) is 52.5 Å². The monoisotopic (exact) mass is 415 g/mol. The zero-order valence-electron chi connectivity index (χ0n) is 15.9. The summed E-state index contributed by atoms with van der Waals surface area (Å²) in [6.07, 6.45) is 0. The van der Waals surface area contributed by atoms with Gasteiger partial charge in [0, 0.05) is 31.2 Å². The van der Waals surface area contributed by atoms with Crippen LogP contribution in [0.5, 0.6) is 5.75 Å². The van der Waals surface area contributed by atoms with Gasteiger partial charge in [0.15, 0.2) is 11.7 Å². The minimum absolute atomic E-state index is 0.0247. The molecule has 0 bridgehead atoms. The molecule has 146 valence electrons. The third-order valence-corrected chi connectivity index (χ3v) is 6.46. The predicted molar refractivity (Wildman–Crippen MR) is 115 cm³/mol. The molecule has 5 nitrogen and oxygen atoms in total. The Kier molecular flexibility index (Phi) is 5.42. The summed E-state index contributed by atoms with van der Waals surface area (Å²) >= 11 is 7.71. The number of rotatable bonds is 4. The first kappa shape index (κ1) is 19.0. The number of hydrogen-bond acceptors (Lipinski definition) is 5. The van der Waals surface area contributed by atoms with Gasteiger partial charge in [-0.2, -0.15) is 0 Å². The van der Waals surface area contributed by atoms with E-state index in [1.54, 1.807) is 11.3 Å². The lowest BCUT2D eigenvalue weighted by atomic mass is 10.1. The summed E-state index contributed by atoms with van der Waals surface area (Å²) in [4.78, 5) is 21.3. The van der Waals surface area contributed by atoms with Gasteiger partial charge in [-0.05, 0) is 49.2 Å². The van der Waals surface area contributed by atoms with Crippen LogP contribution < -0.4 is 9.64 Å². The van der Waals surface area contributed by atoms with Gasteiger partial charge in [-0.1, -0.05) is 35.1 Å². The minimum Gasteiger partial charge on any atom is -0.483 e. The quantitative estimate of drug-likeness (QED) is 0.637. The second kappa shape index (κ2) is 7.97. The van der Waals surface area contributed by atoms with Gasteiger partial charge in [-0.25, -0.2) is 4.98 Å². The number of hydrogen-bond donors (Lipinski definition) is 0. The predicted octanol–water partition coefficient (Wildman–Crippen LogP) is 4.29. The summed E-state index contributed by atoms with van der Waals surface area (Å²) in [5.74, 6) is 0.803. The summed E-state index contributed by atoms with van der Waals surface area (Å²) in [6, 6.07) is 11.7. The molecule has 0 aliphatic carbocycles. The maximum Gasteiger partial charge on any atom is 0.260 e. The van der Waals surface area contributed by atoms with Crippen LogP contribution in [-0.2, 0) is 4.79 Å². The molecule has 0 saturated carbocycles. The lowest BCUT2D eigenvalue weighted by Gasteiger charge is -2.34. The molecular weight excluding hydrogens is 394 g/mol. The molecule has 1 fully saturated rings. The molecule has 1 aromatic heterocycles. The van der Waals surface area contributed by atoms with Gasteiger partial charge in [0.25, 0.3) is 5.91 Å². The third-order valence-electron chi connectivity index (χ3n) is 5.15. The van der Waals surface area contributed by atoms with Crippen molar-refractivity contribution >= 4 is 44.2 Å². The van der Waals surface area contributed by atoms with Crippen molar-refractivity contribution in [2.45, 2.75) is 13.8 Å². The number of carbonyl (C=O) groups is 1. The fraction of sp³-hybridized carbons (Fsp3) is 0.333. The summed E-state index contributed by atoms with van der Waals surface area (Å²) in [5, 5.41) is 1.71. The van der Waals surface area contributed by atoms with Crippen molar-refractivity contribution in [2.24, 2.45) is 0 Å². The SMILES string of the molecule is Cc1cccc(OCC(=O)N2CCN(c3nc4ccc(Cl)cc4s3)CC2)c1C. The number of carbonyl (C=O) groups excluding carboxylic acids is 1. The maximum atomic E-state index is 12.5. The van der Waals surface area contributed by atoms with E-state index in [0.29, 0.717) is 13.1 Å². The molecule has 0 N–H and O–H groups in total. The topological polar surface area (TPSA) is 45.7 Å². The van der Waals surface area contributed by atoms with Crippen molar-refractivity contribution in [3.8, 4) is 5.75 Å². The summed E-state index contributed by atoms with van der Waals surface area (Å²) in [5.41, 5.74) is 3.21. The van der Waals surface area contributed by atoms with Crippen LogP contribution in [0.25, 0.3) is 10.2 Å². The average Bonchev–Trinajstić information content (AvgIpc) is 3.12. The molecule has 1 aliphatic rings. The van der Waals surface area contributed by atoms with Crippen LogP contribution in [0.4, 0.5) is 5.13 Å². The lowest BCUT2D eigenvalue weighted by molar-refractivity contribution is -0.133. The van der Waals surface area contributed by atoms with E-state index in [1.165, 1.54) is 0 Å². The number of ether oxygens (including phenoxy) is 1. The highest BCUT2D eigenvalue weighted by molar-refractivity contribution is 7.22. The average molecular weight is 416 g/mol. The number of thiazole rings is 1. The molecule has 1 aliphatic heterocycles. The van der Waals surface area contributed by atoms with Gasteiger partial charge in [0.05, 0.1) is 10.2 Å². The number of piperazine rings is 1. The van der Waals surface area contributed by atoms with Crippen LogP contribution in [0.1, 0.15) is 11.1 Å². The third kappa shape index (κ3) is 3.93. The Morgan fingerprint density at radius 2 is 1.96 bits per heavy atom. The molecule has 3 aromatic rings. The Balaban J connectivity index is 1.34. The van der Waals surface area contributed by atoms with Gasteiger partial charge < -0.3 is 14.5 Å². The van der Waals surface area contributed by atoms with Gasteiger partial charge >= 0.3 is 0 Å². The number of aryl methyl sites for hydroxylation is 1. The van der Waals surface area contributed by atoms with Crippen molar-refractivity contribution in [3.63, 3.8) is 0 Å². The molecule has 4 rings (SSSR count). The number of aromatic nitrogens is 1. The molecular formula is C21H22ClN3O2S. The Morgan fingerprint density at radius 3 is 2.75 bits per heavy atom. The van der Waals surface area contributed by atoms with Crippen molar-refractivity contribution in [2.75, 3.05) is 37.7 Å². The Labute approximate surface area is 173 Å². The first-order chi connectivity index (χ1) is 13.5. The Bertz CT molecular complexity index is 1010. The minimum atomic E-state index is 0.0247. The number of fused-ring (bicyclic) bond motifs is 1. The molecule has 28 heavy (non-hydrogen) atoms. The van der Waals surface area contributed by atoms with Crippen molar-refractivity contribution < 1.29 is 9.53 Å². The first-order valence-corrected chi connectivity index (χ1v) is 10.5. The maximum absolute atomic E-state index is 12.5. The molecule has 7 heteroatoms. The summed E-state index contributed by atoms with van der Waals surface area (Å²) in [7, 11) is 0. The van der Waals surface area contributed by atoms with E-state index in [4.69, 9.17) is 21.3 Å². The fourth-order valence-electron chi connectivity index (χ4n) is 3.28. The second-order valence-electron chi connectivity index (χ2n) is 6.96.